The van der Waals surface area contributed by atoms with Gasteiger partial charge in [-0.25, -0.2) is 0 Å². The fourth-order valence-electron chi connectivity index (χ4n) is 5.00. The fraction of sp³-hybridized carbons (Fsp3) is 0.417. The molecule has 1 aliphatic carbocycles. The number of hydrogen-bond acceptors (Lipinski definition) is 5. The molecule has 4 rings (SSSR count). The van der Waals surface area contributed by atoms with Crippen LogP contribution in [0.25, 0.3) is 5.65 Å². The van der Waals surface area contributed by atoms with Crippen LogP contribution in [0.4, 0.5) is 13.2 Å². The third-order valence-corrected chi connectivity index (χ3v) is 6.26. The van der Waals surface area contributed by atoms with Crippen molar-refractivity contribution in [3.8, 4) is 17.7 Å². The second kappa shape index (κ2) is 8.01. The van der Waals surface area contributed by atoms with Crippen molar-refractivity contribution in [3.63, 3.8) is 0 Å². The number of nitrogens with zero attached hydrogens (tertiary/aromatic N) is 4. The number of amides is 1. The van der Waals surface area contributed by atoms with E-state index in [0.717, 1.165) is 5.56 Å². The van der Waals surface area contributed by atoms with E-state index in [4.69, 9.17) is 4.74 Å². The Morgan fingerprint density at radius 1 is 1.06 bits per heavy atom. The molecule has 1 N–H and O–H groups in total. The molecule has 34 heavy (non-hydrogen) atoms. The van der Waals surface area contributed by atoms with Crippen molar-refractivity contribution in [3.05, 3.63) is 53.3 Å². The zero-order chi connectivity index (χ0) is 24.9. The second-order valence-electron chi connectivity index (χ2n) is 9.46. The Balaban J connectivity index is 1.53. The number of fused-ring (bicyclic) bond motifs is 1. The first kappa shape index (κ1) is 23.5. The van der Waals surface area contributed by atoms with Gasteiger partial charge in [0.1, 0.15) is 6.10 Å². The molecule has 1 saturated carbocycles. The zero-order valence-electron chi connectivity index (χ0n) is 19.4. The van der Waals surface area contributed by atoms with E-state index < -0.39 is 28.9 Å². The highest BCUT2D eigenvalue weighted by molar-refractivity contribution is 5.94. The van der Waals surface area contributed by atoms with Crippen LogP contribution in [0.1, 0.15) is 56.4 Å². The van der Waals surface area contributed by atoms with Crippen molar-refractivity contribution in [1.29, 1.82) is 0 Å². The van der Waals surface area contributed by atoms with E-state index in [-0.39, 0.29) is 23.5 Å². The number of benzene rings is 1. The maximum absolute atomic E-state index is 13.2. The van der Waals surface area contributed by atoms with Gasteiger partial charge in [-0.3, -0.25) is 4.79 Å². The Hall–Kier alpha value is -3.61. The number of rotatable bonds is 4. The predicted molar refractivity (Wildman–Crippen MR) is 118 cm³/mol. The summed E-state index contributed by atoms with van der Waals surface area (Å²) in [5.74, 6) is 4.32. The van der Waals surface area contributed by atoms with Crippen LogP contribution >= 0.6 is 0 Å². The normalized spacial score (nSPS) is 20.7. The Kier molecular flexibility index (Phi) is 5.55. The van der Waals surface area contributed by atoms with Gasteiger partial charge >= 0.3 is 6.18 Å². The van der Waals surface area contributed by atoms with Gasteiger partial charge in [-0.15, -0.1) is 21.2 Å². The second-order valence-corrected chi connectivity index (χ2v) is 9.46. The first-order valence-electron chi connectivity index (χ1n) is 10.7. The average Bonchev–Trinajstić information content (AvgIpc) is 3.20. The monoisotopic (exact) mass is 471 g/mol. The van der Waals surface area contributed by atoms with Gasteiger partial charge in [0.05, 0.1) is 0 Å². The van der Waals surface area contributed by atoms with Gasteiger partial charge in [-0.1, -0.05) is 33.6 Å². The van der Waals surface area contributed by atoms with Crippen molar-refractivity contribution >= 4 is 11.6 Å². The third kappa shape index (κ3) is 3.95. The number of carbonyl (C=O) groups excluding carboxylic acids is 1. The predicted octanol–water partition coefficient (Wildman–Crippen LogP) is 4.13. The van der Waals surface area contributed by atoms with Crippen LogP contribution in [-0.4, -0.2) is 37.9 Å². The fourth-order valence-corrected chi connectivity index (χ4v) is 5.00. The van der Waals surface area contributed by atoms with Gasteiger partial charge in [0.2, 0.25) is 5.88 Å². The largest absolute Gasteiger partial charge is 0.472 e. The molecule has 10 heteroatoms. The SMILES string of the molecule is CC#Cc1ccc(C(=O)NC2C(C)(C)C(Oc3ccc4nnc(C(F)(F)F)n4n3)C2(C)C)cc1. The molecule has 7 nitrogen and oxygen atoms in total. The quantitative estimate of drug-likeness (QED) is 0.579. The lowest BCUT2D eigenvalue weighted by Crippen LogP contribution is -2.74. The molecule has 2 aromatic heterocycles. The summed E-state index contributed by atoms with van der Waals surface area (Å²) in [5.41, 5.74) is 0.250. The molecule has 0 radical (unpaired) electrons. The van der Waals surface area contributed by atoms with E-state index in [1.54, 1.807) is 31.2 Å². The molecule has 0 bridgehead atoms. The van der Waals surface area contributed by atoms with Crippen molar-refractivity contribution < 1.29 is 22.7 Å². The molecule has 1 fully saturated rings. The Morgan fingerprint density at radius 3 is 2.29 bits per heavy atom. The molecule has 0 atom stereocenters. The summed E-state index contributed by atoms with van der Waals surface area (Å²) >= 11 is 0. The van der Waals surface area contributed by atoms with E-state index in [9.17, 15) is 18.0 Å². The van der Waals surface area contributed by atoms with Gasteiger partial charge in [0.15, 0.2) is 5.65 Å². The van der Waals surface area contributed by atoms with Crippen LogP contribution in [0.3, 0.4) is 0 Å². The highest BCUT2D eigenvalue weighted by Crippen LogP contribution is 2.55. The molecule has 0 spiro atoms. The molecule has 1 amide bonds. The van der Waals surface area contributed by atoms with Crippen LogP contribution in [-0.2, 0) is 6.18 Å². The van der Waals surface area contributed by atoms with Crippen LogP contribution in [0.5, 0.6) is 5.88 Å². The van der Waals surface area contributed by atoms with Crippen molar-refractivity contribution in [2.75, 3.05) is 0 Å². The van der Waals surface area contributed by atoms with Crippen molar-refractivity contribution in [1.82, 2.24) is 25.1 Å². The summed E-state index contributed by atoms with van der Waals surface area (Å²) in [6.07, 6.45) is -5.13. The molecule has 1 aliphatic rings. The molecular formula is C24H24F3N5O2. The van der Waals surface area contributed by atoms with Gasteiger partial charge in [-0.05, 0) is 37.3 Å². The van der Waals surface area contributed by atoms with Crippen molar-refractivity contribution in [2.45, 2.75) is 52.9 Å². The van der Waals surface area contributed by atoms with Crippen LogP contribution in [0.2, 0.25) is 0 Å². The number of aromatic nitrogens is 4. The lowest BCUT2D eigenvalue weighted by atomic mass is 9.49. The minimum absolute atomic E-state index is 0.0151. The highest BCUT2D eigenvalue weighted by Gasteiger charge is 2.64. The summed E-state index contributed by atoms with van der Waals surface area (Å²) in [6, 6.07) is 9.60. The van der Waals surface area contributed by atoms with E-state index in [1.165, 1.54) is 12.1 Å². The summed E-state index contributed by atoms with van der Waals surface area (Å²) in [7, 11) is 0. The minimum Gasteiger partial charge on any atom is -0.472 e. The number of nitrogens with one attached hydrogen (secondary N) is 1. The lowest BCUT2D eigenvalue weighted by molar-refractivity contribution is -0.166. The molecular weight excluding hydrogens is 447 g/mol. The first-order chi connectivity index (χ1) is 15.9. The Labute approximate surface area is 194 Å². The van der Waals surface area contributed by atoms with Gasteiger partial charge in [0, 0.05) is 34.1 Å². The van der Waals surface area contributed by atoms with E-state index in [1.807, 2.05) is 27.7 Å². The Morgan fingerprint density at radius 2 is 1.71 bits per heavy atom. The first-order valence-corrected chi connectivity index (χ1v) is 10.7. The summed E-state index contributed by atoms with van der Waals surface area (Å²) in [6.45, 7) is 9.49. The van der Waals surface area contributed by atoms with E-state index in [2.05, 4.69) is 32.5 Å². The average molecular weight is 471 g/mol. The molecule has 0 aliphatic heterocycles. The molecule has 3 aromatic rings. The number of alkyl halides is 3. The summed E-state index contributed by atoms with van der Waals surface area (Å²) < 4.78 is 46.3. The number of hydrogen-bond donors (Lipinski definition) is 1. The number of carbonyl (C=O) groups is 1. The molecule has 0 unspecified atom stereocenters. The highest BCUT2D eigenvalue weighted by atomic mass is 19.4. The maximum atomic E-state index is 13.2. The van der Waals surface area contributed by atoms with Crippen LogP contribution in [0.15, 0.2) is 36.4 Å². The number of ether oxygens (including phenoxy) is 1. The van der Waals surface area contributed by atoms with Gasteiger partial charge in [-0.2, -0.15) is 17.7 Å². The Bertz CT molecular complexity index is 1280. The van der Waals surface area contributed by atoms with E-state index >= 15 is 0 Å². The minimum atomic E-state index is -4.70. The standard InChI is InChI=1S/C24H24F3N5O2/c1-6-7-14-8-10-15(11-9-14)18(33)28-19-22(2,3)20(23(19,4)5)34-17-13-12-16-29-30-21(24(25,26)27)32(16)31-17/h8-13,19-20H,1-5H3,(H,28,33). The van der Waals surface area contributed by atoms with Crippen molar-refractivity contribution in [2.24, 2.45) is 10.8 Å². The molecule has 178 valence electrons. The third-order valence-electron chi connectivity index (χ3n) is 6.26. The van der Waals surface area contributed by atoms with E-state index in [0.29, 0.717) is 10.1 Å². The smallest absolute Gasteiger partial charge is 0.453 e. The zero-order valence-corrected chi connectivity index (χ0v) is 19.4. The number of halogens is 3. The molecule has 0 saturated heterocycles. The molecule has 2 heterocycles. The molecule has 1 aromatic carbocycles. The van der Waals surface area contributed by atoms with Gasteiger partial charge in [0.25, 0.3) is 11.7 Å². The summed E-state index contributed by atoms with van der Waals surface area (Å²) in [4.78, 5) is 12.9. The van der Waals surface area contributed by atoms with Crippen LogP contribution in [0, 0.1) is 22.7 Å². The topological polar surface area (TPSA) is 81.4 Å². The van der Waals surface area contributed by atoms with Gasteiger partial charge < -0.3 is 10.1 Å². The van der Waals surface area contributed by atoms with Crippen LogP contribution < -0.4 is 10.1 Å². The lowest BCUT2D eigenvalue weighted by Gasteiger charge is -2.62. The maximum Gasteiger partial charge on any atom is 0.453 e. The summed E-state index contributed by atoms with van der Waals surface area (Å²) in [5, 5.41) is 13.7.